The Labute approximate surface area is 180 Å². The van der Waals surface area contributed by atoms with Crippen LogP contribution in [0.4, 0.5) is 11.4 Å². The number of hydrogen-bond donors (Lipinski definition) is 4. The summed E-state index contributed by atoms with van der Waals surface area (Å²) in [6.45, 7) is 1.85. The van der Waals surface area contributed by atoms with E-state index in [-0.39, 0.29) is 24.6 Å². The average molecular weight is 422 g/mol. The molecular weight excluding hydrogens is 396 g/mol. The highest BCUT2D eigenvalue weighted by Gasteiger charge is 2.50. The van der Waals surface area contributed by atoms with Gasteiger partial charge >= 0.3 is 0 Å². The van der Waals surface area contributed by atoms with Gasteiger partial charge in [0, 0.05) is 31.7 Å². The maximum absolute atomic E-state index is 12.9. The molecule has 8 heteroatoms. The van der Waals surface area contributed by atoms with Crippen molar-refractivity contribution in [1.29, 1.82) is 0 Å². The van der Waals surface area contributed by atoms with Crippen molar-refractivity contribution in [3.63, 3.8) is 0 Å². The summed E-state index contributed by atoms with van der Waals surface area (Å²) < 4.78 is 0. The number of benzene rings is 2. The summed E-state index contributed by atoms with van der Waals surface area (Å²) in [4.78, 5) is 28.6. The van der Waals surface area contributed by atoms with Crippen LogP contribution in [0.1, 0.15) is 23.2 Å². The molecule has 162 valence electrons. The smallest absolute Gasteiger partial charge is 0.254 e. The largest absolute Gasteiger partial charge is 0.392 e. The molecule has 0 spiro atoms. The molecule has 1 atom stereocenters. The number of anilines is 2. The molecule has 1 aliphatic carbocycles. The quantitative estimate of drug-likeness (QED) is 0.592. The van der Waals surface area contributed by atoms with Crippen molar-refractivity contribution < 1.29 is 19.8 Å². The zero-order valence-electron chi connectivity index (χ0n) is 17.2. The van der Waals surface area contributed by atoms with Gasteiger partial charge < -0.3 is 30.6 Å². The van der Waals surface area contributed by atoms with Gasteiger partial charge in [0.25, 0.3) is 11.8 Å². The second-order valence-corrected chi connectivity index (χ2v) is 8.48. The van der Waals surface area contributed by atoms with Crippen molar-refractivity contribution in [2.45, 2.75) is 24.6 Å². The zero-order valence-corrected chi connectivity index (χ0v) is 17.2. The molecule has 4 N–H and O–H groups in total. The molecule has 2 aliphatic heterocycles. The SMILES string of the molecule is O=C(c1ccc(-c2ccc3c(c2)NC(CO)N3)cc1)N1CCN(C(=O)C2(O)CC2)CC1. The predicted octanol–water partition coefficient (Wildman–Crippen LogP) is 1.32. The average Bonchev–Trinajstić information content (AvgIpc) is 3.43. The fourth-order valence-electron chi connectivity index (χ4n) is 4.20. The lowest BCUT2D eigenvalue weighted by molar-refractivity contribution is -0.143. The van der Waals surface area contributed by atoms with E-state index in [1.807, 2.05) is 42.5 Å². The van der Waals surface area contributed by atoms with Crippen LogP contribution < -0.4 is 10.6 Å². The minimum atomic E-state index is -1.15. The van der Waals surface area contributed by atoms with Crippen LogP contribution in [-0.4, -0.2) is 76.4 Å². The third-order valence-corrected chi connectivity index (χ3v) is 6.30. The number of carbonyl (C=O) groups is 2. The van der Waals surface area contributed by atoms with E-state index in [1.165, 1.54) is 0 Å². The van der Waals surface area contributed by atoms with Crippen molar-refractivity contribution in [1.82, 2.24) is 9.80 Å². The lowest BCUT2D eigenvalue weighted by Crippen LogP contribution is -2.53. The van der Waals surface area contributed by atoms with Crippen LogP contribution >= 0.6 is 0 Å². The van der Waals surface area contributed by atoms with Gasteiger partial charge in [-0.15, -0.1) is 0 Å². The summed E-state index contributed by atoms with van der Waals surface area (Å²) in [5.41, 5.74) is 3.40. The van der Waals surface area contributed by atoms with Crippen LogP contribution in [0.3, 0.4) is 0 Å². The van der Waals surface area contributed by atoms with Gasteiger partial charge in [-0.3, -0.25) is 9.59 Å². The van der Waals surface area contributed by atoms with E-state index < -0.39 is 5.60 Å². The Morgan fingerprint density at radius 1 is 0.903 bits per heavy atom. The van der Waals surface area contributed by atoms with Gasteiger partial charge in [0.1, 0.15) is 11.8 Å². The van der Waals surface area contributed by atoms with Gasteiger partial charge in [-0.25, -0.2) is 0 Å². The molecule has 8 nitrogen and oxygen atoms in total. The van der Waals surface area contributed by atoms with Crippen molar-refractivity contribution in [3.8, 4) is 11.1 Å². The first-order chi connectivity index (χ1) is 15.0. The molecule has 2 heterocycles. The van der Waals surface area contributed by atoms with Gasteiger partial charge in [-0.2, -0.15) is 0 Å². The highest BCUT2D eigenvalue weighted by molar-refractivity contribution is 5.95. The number of piperazine rings is 1. The number of aliphatic hydroxyl groups excluding tert-OH is 1. The summed E-state index contributed by atoms with van der Waals surface area (Å²) in [6.07, 6.45) is 0.903. The lowest BCUT2D eigenvalue weighted by atomic mass is 10.0. The first-order valence-corrected chi connectivity index (χ1v) is 10.7. The molecule has 1 unspecified atom stereocenters. The summed E-state index contributed by atoms with van der Waals surface area (Å²) >= 11 is 0. The standard InChI is InChI=1S/C23H26N4O4/c28-14-20-24-18-6-5-17(13-19(18)25-20)15-1-3-16(4-2-15)21(29)26-9-11-27(12-10-26)22(30)23(31)7-8-23/h1-6,13,20,24-25,28,31H,7-12,14H2. The van der Waals surface area contributed by atoms with E-state index in [0.717, 1.165) is 22.5 Å². The molecule has 1 saturated carbocycles. The predicted molar refractivity (Wildman–Crippen MR) is 117 cm³/mol. The van der Waals surface area contributed by atoms with E-state index >= 15 is 0 Å². The topological polar surface area (TPSA) is 105 Å². The van der Waals surface area contributed by atoms with E-state index in [2.05, 4.69) is 10.6 Å². The third kappa shape index (κ3) is 3.73. The molecule has 1 saturated heterocycles. The lowest BCUT2D eigenvalue weighted by Gasteiger charge is -2.35. The summed E-state index contributed by atoms with van der Waals surface area (Å²) in [5, 5.41) is 25.7. The maximum atomic E-state index is 12.9. The van der Waals surface area contributed by atoms with Gasteiger partial charge in [0.15, 0.2) is 0 Å². The van der Waals surface area contributed by atoms with Crippen LogP contribution in [0, 0.1) is 0 Å². The Balaban J connectivity index is 1.23. The third-order valence-electron chi connectivity index (χ3n) is 6.30. The molecular formula is C23H26N4O4. The van der Waals surface area contributed by atoms with Gasteiger partial charge in [-0.05, 0) is 48.2 Å². The number of hydrogen-bond acceptors (Lipinski definition) is 6. The second-order valence-electron chi connectivity index (χ2n) is 8.48. The molecule has 0 aromatic heterocycles. The molecule has 2 aromatic rings. The fourth-order valence-corrected chi connectivity index (χ4v) is 4.20. The zero-order chi connectivity index (χ0) is 21.6. The van der Waals surface area contributed by atoms with Crippen LogP contribution in [0.25, 0.3) is 11.1 Å². The number of amides is 2. The molecule has 3 aliphatic rings. The highest BCUT2D eigenvalue weighted by atomic mass is 16.3. The fraction of sp³-hybridized carbons (Fsp3) is 0.391. The Bertz CT molecular complexity index is 1010. The molecule has 2 aromatic carbocycles. The van der Waals surface area contributed by atoms with Crippen molar-refractivity contribution >= 4 is 23.2 Å². The normalized spacial score (nSPS) is 21.2. The highest BCUT2D eigenvalue weighted by Crippen LogP contribution is 2.37. The van der Waals surface area contributed by atoms with Gasteiger partial charge in [0.2, 0.25) is 0 Å². The number of fused-ring (bicyclic) bond motifs is 1. The molecule has 2 amide bonds. The Hall–Kier alpha value is -3.10. The minimum absolute atomic E-state index is 0.00408. The number of nitrogens with zero attached hydrogens (tertiary/aromatic N) is 2. The molecule has 5 rings (SSSR count). The van der Waals surface area contributed by atoms with Gasteiger partial charge in [0.05, 0.1) is 18.0 Å². The Morgan fingerprint density at radius 2 is 1.52 bits per heavy atom. The number of rotatable bonds is 4. The number of aliphatic hydroxyl groups is 2. The monoisotopic (exact) mass is 422 g/mol. The van der Waals surface area contributed by atoms with Gasteiger partial charge in [-0.1, -0.05) is 18.2 Å². The second kappa shape index (κ2) is 7.55. The Morgan fingerprint density at radius 3 is 2.16 bits per heavy atom. The minimum Gasteiger partial charge on any atom is -0.392 e. The van der Waals surface area contributed by atoms with Crippen LogP contribution in [0.15, 0.2) is 42.5 Å². The maximum Gasteiger partial charge on any atom is 0.254 e. The van der Waals surface area contributed by atoms with E-state index in [1.54, 1.807) is 9.80 Å². The van der Waals surface area contributed by atoms with Crippen molar-refractivity contribution in [3.05, 3.63) is 48.0 Å². The van der Waals surface area contributed by atoms with Crippen molar-refractivity contribution in [2.75, 3.05) is 43.4 Å². The van der Waals surface area contributed by atoms with Crippen LogP contribution in [0.5, 0.6) is 0 Å². The molecule has 0 bridgehead atoms. The number of carbonyl (C=O) groups excluding carboxylic acids is 2. The van der Waals surface area contributed by atoms with E-state index in [9.17, 15) is 19.8 Å². The first-order valence-electron chi connectivity index (χ1n) is 10.7. The van der Waals surface area contributed by atoms with Crippen molar-refractivity contribution in [2.24, 2.45) is 0 Å². The summed E-state index contributed by atoms with van der Waals surface area (Å²) in [6, 6.07) is 13.5. The molecule has 31 heavy (non-hydrogen) atoms. The summed E-state index contributed by atoms with van der Waals surface area (Å²) in [5.74, 6) is -0.248. The van der Waals surface area contributed by atoms with E-state index in [4.69, 9.17) is 0 Å². The molecule has 0 radical (unpaired) electrons. The molecule has 2 fully saturated rings. The Kier molecular flexibility index (Phi) is 4.83. The number of nitrogens with one attached hydrogen (secondary N) is 2. The first kappa shape index (κ1) is 19.8. The van der Waals surface area contributed by atoms with Crippen LogP contribution in [0.2, 0.25) is 0 Å². The van der Waals surface area contributed by atoms with Crippen LogP contribution in [-0.2, 0) is 4.79 Å². The van der Waals surface area contributed by atoms with E-state index in [0.29, 0.717) is 44.6 Å². The summed E-state index contributed by atoms with van der Waals surface area (Å²) in [7, 11) is 0.